The highest BCUT2D eigenvalue weighted by atomic mass is 16.3. The van der Waals surface area contributed by atoms with E-state index in [1.165, 1.54) is 0 Å². The van der Waals surface area contributed by atoms with Crippen LogP contribution in [0.1, 0.15) is 47.9 Å². The summed E-state index contributed by atoms with van der Waals surface area (Å²) < 4.78 is 0. The topological polar surface area (TPSA) is 57.5 Å². The number of Topliss-reactive ketones (excluding diaryl/α,β-unsaturated/α-hetero) is 1. The summed E-state index contributed by atoms with van der Waals surface area (Å²) >= 11 is 0. The van der Waals surface area contributed by atoms with Crippen LogP contribution in [0.3, 0.4) is 0 Å². The van der Waals surface area contributed by atoms with E-state index in [9.17, 15) is 15.0 Å². The maximum atomic E-state index is 12.8. The van der Waals surface area contributed by atoms with Crippen molar-refractivity contribution in [2.45, 2.75) is 39.5 Å². The third-order valence-electron chi connectivity index (χ3n) is 4.29. The van der Waals surface area contributed by atoms with E-state index in [-0.39, 0.29) is 29.1 Å². The fraction of sp³-hybridized carbons (Fsp3) is 0.316. The molecule has 116 valence electrons. The Morgan fingerprint density at radius 2 is 1.18 bits per heavy atom. The minimum absolute atomic E-state index is 0.127. The summed E-state index contributed by atoms with van der Waals surface area (Å²) in [6.45, 7) is 7.59. The molecule has 0 radical (unpaired) electrons. The van der Waals surface area contributed by atoms with Crippen LogP contribution in [0.25, 0.3) is 0 Å². The Kier molecular flexibility index (Phi) is 4.55. The van der Waals surface area contributed by atoms with Crippen LogP contribution in [0.5, 0.6) is 11.5 Å². The highest BCUT2D eigenvalue weighted by Crippen LogP contribution is 2.31. The van der Waals surface area contributed by atoms with Crippen molar-refractivity contribution in [1.82, 2.24) is 0 Å². The average Bonchev–Trinajstić information content (AvgIpc) is 2.45. The number of rotatable bonds is 4. The van der Waals surface area contributed by atoms with Gasteiger partial charge in [-0.25, -0.2) is 0 Å². The van der Waals surface area contributed by atoms with Gasteiger partial charge in [0, 0.05) is 11.8 Å². The lowest BCUT2D eigenvalue weighted by Gasteiger charge is -2.20. The molecule has 0 saturated carbocycles. The largest absolute Gasteiger partial charge is 0.508 e. The van der Waals surface area contributed by atoms with E-state index >= 15 is 0 Å². The SMILES string of the molecule is Cc1cc(O)ccc1C(C)C(=O)C(C)c1ccc(O)cc1C. The van der Waals surface area contributed by atoms with Gasteiger partial charge in [-0.05, 0) is 60.4 Å². The Hall–Kier alpha value is -2.29. The molecule has 2 aromatic rings. The zero-order valence-corrected chi connectivity index (χ0v) is 13.4. The number of ketones is 1. The molecule has 3 nitrogen and oxygen atoms in total. The molecule has 0 fully saturated rings. The molecule has 2 atom stereocenters. The molecule has 2 N–H and O–H groups in total. The molecule has 0 saturated heterocycles. The smallest absolute Gasteiger partial charge is 0.147 e. The van der Waals surface area contributed by atoms with Crippen LogP contribution in [0.2, 0.25) is 0 Å². The molecule has 0 aromatic heterocycles. The van der Waals surface area contributed by atoms with Crippen LogP contribution in [0, 0.1) is 13.8 Å². The molecule has 0 spiro atoms. The number of carbonyl (C=O) groups excluding carboxylic acids is 1. The van der Waals surface area contributed by atoms with Crippen LogP contribution >= 0.6 is 0 Å². The number of hydrogen-bond donors (Lipinski definition) is 2. The fourth-order valence-electron chi connectivity index (χ4n) is 2.97. The first kappa shape index (κ1) is 16.1. The Bertz CT molecular complexity index is 644. The maximum absolute atomic E-state index is 12.8. The predicted octanol–water partition coefficient (Wildman–Crippen LogP) is 4.19. The molecule has 0 aliphatic carbocycles. The predicted molar refractivity (Wildman–Crippen MR) is 87.5 cm³/mol. The molecule has 22 heavy (non-hydrogen) atoms. The maximum Gasteiger partial charge on any atom is 0.147 e. The second kappa shape index (κ2) is 6.22. The zero-order chi connectivity index (χ0) is 16.4. The minimum Gasteiger partial charge on any atom is -0.508 e. The highest BCUT2D eigenvalue weighted by molar-refractivity contribution is 5.91. The van der Waals surface area contributed by atoms with Gasteiger partial charge in [-0.3, -0.25) is 4.79 Å². The first-order valence-electron chi connectivity index (χ1n) is 7.44. The fourth-order valence-corrected chi connectivity index (χ4v) is 2.97. The van der Waals surface area contributed by atoms with Gasteiger partial charge in [0.2, 0.25) is 0 Å². The number of aryl methyl sites for hydroxylation is 2. The van der Waals surface area contributed by atoms with E-state index in [0.717, 1.165) is 22.3 Å². The summed E-state index contributed by atoms with van der Waals surface area (Å²) in [5, 5.41) is 19.0. The Morgan fingerprint density at radius 3 is 1.50 bits per heavy atom. The summed E-state index contributed by atoms with van der Waals surface area (Å²) in [5.74, 6) is 0.0573. The minimum atomic E-state index is -0.246. The Balaban J connectivity index is 2.29. The molecule has 2 aromatic carbocycles. The quantitative estimate of drug-likeness (QED) is 0.889. The number of carbonyl (C=O) groups is 1. The summed E-state index contributed by atoms with van der Waals surface area (Å²) in [7, 11) is 0. The van der Waals surface area contributed by atoms with Crippen molar-refractivity contribution in [3.8, 4) is 11.5 Å². The molecule has 0 aliphatic rings. The molecular formula is C19H22O3. The normalized spacial score (nSPS) is 13.6. The van der Waals surface area contributed by atoms with Crippen molar-refractivity contribution in [2.24, 2.45) is 0 Å². The summed E-state index contributed by atoms with van der Waals surface area (Å²) in [6, 6.07) is 10.2. The van der Waals surface area contributed by atoms with Crippen LogP contribution < -0.4 is 0 Å². The molecule has 0 bridgehead atoms. The summed E-state index contributed by atoms with van der Waals surface area (Å²) in [6.07, 6.45) is 0. The second-order valence-electron chi connectivity index (χ2n) is 5.93. The molecule has 0 heterocycles. The Labute approximate surface area is 131 Å². The number of phenols is 2. The molecule has 2 unspecified atom stereocenters. The molecule has 0 amide bonds. The number of hydrogen-bond acceptors (Lipinski definition) is 3. The van der Waals surface area contributed by atoms with E-state index in [1.807, 2.05) is 39.8 Å². The van der Waals surface area contributed by atoms with Crippen LogP contribution in [0.4, 0.5) is 0 Å². The van der Waals surface area contributed by atoms with Crippen molar-refractivity contribution in [3.05, 3.63) is 58.7 Å². The van der Waals surface area contributed by atoms with Gasteiger partial charge < -0.3 is 10.2 Å². The standard InChI is InChI=1S/C19H22O3/c1-11-9-15(20)5-7-17(11)13(3)19(22)14(4)18-8-6-16(21)10-12(18)2/h5-10,13-14,20-21H,1-4H3. The lowest BCUT2D eigenvalue weighted by atomic mass is 9.83. The third kappa shape index (κ3) is 3.14. The van der Waals surface area contributed by atoms with Gasteiger partial charge >= 0.3 is 0 Å². The monoisotopic (exact) mass is 298 g/mol. The molecule has 2 rings (SSSR count). The summed E-state index contributed by atoms with van der Waals surface area (Å²) in [5.41, 5.74) is 3.70. The third-order valence-corrected chi connectivity index (χ3v) is 4.29. The first-order valence-corrected chi connectivity index (χ1v) is 7.44. The van der Waals surface area contributed by atoms with Crippen molar-refractivity contribution in [2.75, 3.05) is 0 Å². The van der Waals surface area contributed by atoms with E-state index in [2.05, 4.69) is 0 Å². The van der Waals surface area contributed by atoms with Gasteiger partial charge in [-0.2, -0.15) is 0 Å². The van der Waals surface area contributed by atoms with Gasteiger partial charge in [-0.15, -0.1) is 0 Å². The molecule has 0 aliphatic heterocycles. The zero-order valence-electron chi connectivity index (χ0n) is 13.4. The molecule has 3 heteroatoms. The molecular weight excluding hydrogens is 276 g/mol. The van der Waals surface area contributed by atoms with E-state index in [0.29, 0.717) is 0 Å². The second-order valence-corrected chi connectivity index (χ2v) is 5.93. The van der Waals surface area contributed by atoms with Gasteiger partial charge in [0.15, 0.2) is 0 Å². The van der Waals surface area contributed by atoms with Gasteiger partial charge in [0.05, 0.1) is 0 Å². The van der Waals surface area contributed by atoms with Crippen molar-refractivity contribution < 1.29 is 15.0 Å². The van der Waals surface area contributed by atoms with Crippen LogP contribution in [-0.2, 0) is 4.79 Å². The highest BCUT2D eigenvalue weighted by Gasteiger charge is 2.25. The Morgan fingerprint density at radius 1 is 0.818 bits per heavy atom. The van der Waals surface area contributed by atoms with Gasteiger partial charge in [-0.1, -0.05) is 26.0 Å². The van der Waals surface area contributed by atoms with E-state index in [4.69, 9.17) is 0 Å². The number of phenolic OH excluding ortho intramolecular Hbond substituents is 2. The van der Waals surface area contributed by atoms with E-state index in [1.54, 1.807) is 24.3 Å². The first-order chi connectivity index (χ1) is 10.3. The number of benzene rings is 2. The lowest BCUT2D eigenvalue weighted by Crippen LogP contribution is -2.18. The van der Waals surface area contributed by atoms with Crippen LogP contribution in [0.15, 0.2) is 36.4 Å². The van der Waals surface area contributed by atoms with Crippen molar-refractivity contribution in [3.63, 3.8) is 0 Å². The average molecular weight is 298 g/mol. The van der Waals surface area contributed by atoms with Gasteiger partial charge in [0.1, 0.15) is 17.3 Å². The van der Waals surface area contributed by atoms with Crippen molar-refractivity contribution in [1.29, 1.82) is 0 Å². The van der Waals surface area contributed by atoms with Gasteiger partial charge in [0.25, 0.3) is 0 Å². The lowest BCUT2D eigenvalue weighted by molar-refractivity contribution is -0.121. The number of aromatic hydroxyl groups is 2. The van der Waals surface area contributed by atoms with Crippen LogP contribution in [-0.4, -0.2) is 16.0 Å². The summed E-state index contributed by atoms with van der Waals surface area (Å²) in [4.78, 5) is 12.8. The van der Waals surface area contributed by atoms with E-state index < -0.39 is 0 Å². The van der Waals surface area contributed by atoms with Crippen molar-refractivity contribution >= 4 is 5.78 Å².